The molecule has 43 heteroatoms. The molecule has 0 heterocycles. The minimum Gasteiger partial charge on any atom is -0.481 e. The maximum Gasteiger partial charge on any atom is 0.326 e. The minimum atomic E-state index is -1.69. The summed E-state index contributed by atoms with van der Waals surface area (Å²) in [5.41, 5.74) is 19.6. The Morgan fingerprint density at radius 2 is 0.617 bits per heavy atom. The van der Waals surface area contributed by atoms with Gasteiger partial charge in [-0.15, -0.1) is 0 Å². The van der Waals surface area contributed by atoms with Crippen molar-refractivity contribution >= 4 is 130 Å². The van der Waals surface area contributed by atoms with Gasteiger partial charge in [-0.05, 0) is 115 Å². The zero-order valence-electron chi connectivity index (χ0n) is 82.6. The Morgan fingerprint density at radius 3 is 0.950 bits per heavy atom. The molecule has 0 radical (unpaired) electrons. The number of nitrogens with two attached hydrogens (primary N) is 3. The summed E-state index contributed by atoms with van der Waals surface area (Å²) in [5.74, 6) is -22.7. The summed E-state index contributed by atoms with van der Waals surface area (Å²) in [6.45, 7) is 18.9. The van der Waals surface area contributed by atoms with E-state index in [4.69, 9.17) is 22.6 Å². The average Bonchev–Trinajstić information content (AvgIpc) is 0.831. The van der Waals surface area contributed by atoms with Gasteiger partial charge in [0, 0.05) is 51.5 Å². The first-order chi connectivity index (χ1) is 66.7. The Labute approximate surface area is 827 Å². The van der Waals surface area contributed by atoms with E-state index in [2.05, 4.69) is 85.1 Å². The van der Waals surface area contributed by atoms with E-state index >= 15 is 19.2 Å². The van der Waals surface area contributed by atoms with Crippen molar-refractivity contribution in [3.8, 4) is 0 Å². The lowest BCUT2D eigenvalue weighted by Crippen LogP contribution is -2.63. The first-order valence-electron chi connectivity index (χ1n) is 47.7. The van der Waals surface area contributed by atoms with Gasteiger partial charge in [-0.1, -0.05) is 224 Å². The number of primary amides is 1. The molecule has 16 amide bonds. The van der Waals surface area contributed by atoms with Gasteiger partial charge in [-0.25, -0.2) is 4.79 Å². The number of guanidine groups is 1. The molecule has 4 aromatic carbocycles. The molecule has 0 bridgehead atoms. The van der Waals surface area contributed by atoms with Crippen LogP contribution >= 0.6 is 11.8 Å². The first-order valence-corrected chi connectivity index (χ1v) is 49.1. The summed E-state index contributed by atoms with van der Waals surface area (Å²) < 4.78 is 0. The monoisotopic (exact) mass is 1990 g/mol. The van der Waals surface area contributed by atoms with Crippen LogP contribution in [0.5, 0.6) is 0 Å². The number of carboxylic acids is 3. The van der Waals surface area contributed by atoms with Crippen molar-refractivity contribution < 1.29 is 106 Å². The lowest BCUT2D eigenvalue weighted by Gasteiger charge is -2.32. The summed E-state index contributed by atoms with van der Waals surface area (Å²) in [5, 5.41) is 79.2. The molecule has 26 N–H and O–H groups in total. The number of rotatable bonds is 65. The Balaban J connectivity index is 1.65. The topological polar surface area (TPSA) is 679 Å². The Hall–Kier alpha value is -13.6. The van der Waals surface area contributed by atoms with Crippen LogP contribution in [0.15, 0.2) is 121 Å². The third kappa shape index (κ3) is 43.8. The summed E-state index contributed by atoms with van der Waals surface area (Å²) in [6.07, 6.45) is -1.27. The number of carboxylic acid groups (broad SMARTS) is 3. The summed E-state index contributed by atoms with van der Waals surface area (Å²) in [4.78, 5) is 267. The van der Waals surface area contributed by atoms with Gasteiger partial charge in [0.25, 0.3) is 0 Å². The van der Waals surface area contributed by atoms with Crippen molar-refractivity contribution in [2.75, 3.05) is 25.1 Å². The molecule has 776 valence electrons. The van der Waals surface area contributed by atoms with Gasteiger partial charge in [0.2, 0.25) is 94.5 Å². The SMILES string of the molecule is CC[C@H](C)[C@H](NC(=O)[C@H](Cc1ccccc1)NC(=O)[C@@H](NC(=O)[C@@H](NC(=O)[C@H](CCC(N)=O)NC(=O)[C@@H](NC(=O)[C@H](CCCNC(=N)N)NC(=O)[C@H](Cc1ccccc1)NC(=O)[C@@H](NC(=O)[C@H](CCC(=O)O)NC(=O)CNC(=O)[C@H](Cc1ccccc1)NC(=O)[C@@H](N)CCSC)C(C)C)C(C)C)[C@@H](C)CC)[C@@H](C)CC)C(=O)N[C@@H](Cc1ccccc1)C(=O)N[C@@H](CCC(=O)O)C(=O)N[C@@H](CC(C)C)C(=O)O. The molecule has 0 aliphatic heterocycles. The van der Waals surface area contributed by atoms with E-state index in [1.807, 2.05) is 6.26 Å². The largest absolute Gasteiger partial charge is 0.481 e. The van der Waals surface area contributed by atoms with Crippen LogP contribution in [-0.2, 0) is 117 Å². The van der Waals surface area contributed by atoms with E-state index in [0.717, 1.165) is 0 Å². The second-order valence-corrected chi connectivity index (χ2v) is 37.4. The molecule has 0 fully saturated rings. The lowest BCUT2D eigenvalue weighted by molar-refractivity contribution is -0.143. The molecule has 0 saturated heterocycles. The van der Waals surface area contributed by atoms with Gasteiger partial charge in [0.1, 0.15) is 84.6 Å². The van der Waals surface area contributed by atoms with Gasteiger partial charge < -0.3 is 118 Å². The maximum atomic E-state index is 15.1. The molecule has 4 aromatic rings. The number of hydrogen-bond acceptors (Lipinski definition) is 22. The fourth-order valence-corrected chi connectivity index (χ4v) is 15.3. The maximum absolute atomic E-state index is 15.1. The molecule has 0 unspecified atom stereocenters. The fraction of sp³-hybridized carbons (Fsp3) is 0.551. The lowest BCUT2D eigenvalue weighted by atomic mass is 9.93. The second kappa shape index (κ2) is 62.4. The van der Waals surface area contributed by atoms with Gasteiger partial charge in [0.05, 0.1) is 12.6 Å². The van der Waals surface area contributed by atoms with Gasteiger partial charge in [-0.3, -0.25) is 91.7 Å². The van der Waals surface area contributed by atoms with Crippen LogP contribution in [0, 0.1) is 40.9 Å². The zero-order valence-corrected chi connectivity index (χ0v) is 83.4. The highest BCUT2D eigenvalue weighted by Gasteiger charge is 2.42. The van der Waals surface area contributed by atoms with Crippen molar-refractivity contribution in [3.63, 3.8) is 0 Å². The Kier molecular flexibility index (Phi) is 53.0. The molecule has 18 atom stereocenters. The molecule has 0 aliphatic carbocycles. The van der Waals surface area contributed by atoms with Crippen LogP contribution in [0.25, 0.3) is 0 Å². The average molecular weight is 1990 g/mol. The molecular weight excluding hydrogens is 1840 g/mol. The van der Waals surface area contributed by atoms with Crippen LogP contribution in [0.1, 0.15) is 189 Å². The highest BCUT2D eigenvalue weighted by molar-refractivity contribution is 7.98. The van der Waals surface area contributed by atoms with E-state index in [1.165, 1.54) is 11.8 Å². The minimum absolute atomic E-state index is 0.00117. The standard InChI is InChI=1S/C98H146N20O22S/c1-14-57(10)80(94(136)111-71(51-62-34-25-19-26-35-62)90(132)107-68(41-44-77(123)124)85(127)113-73(97(139)140)48-54(4)5)117-91(133)72(52-63-36-27-20-28-37-63)112-95(137)81(58(11)15-2)118-96(138)82(59(12)16-3)116-88(130)67(39-42-74(100)119)108-92(134)78(55(6)7)114-86(128)65(38-29-46-103-98(101)102)106-89(131)70(50-61-32-23-18-24-33-61)110-93(135)79(56(8)9)115-87(129)66(40-43-76(121)122)105-75(120)53-104-84(126)69(49-60-30-21-17-22-31-60)109-83(125)64(99)45-47-141-13/h17-28,30-37,54-59,64-73,78-82H,14-16,29,38-53,99H2,1-13H3,(H2,100,119)(H,104,126)(H,105,120)(H,106,131)(H,107,132)(H,108,134)(H,109,125)(H,110,135)(H,111,136)(H,112,137)(H,113,127)(H,114,128)(H,115,129)(H,116,130)(H,117,133)(H,118,138)(H,121,122)(H,123,124)(H,139,140)(H4,101,102,103)/t57-,58-,59-,64-,65-,66-,67-,68-,69-,70-,71-,72-,73-,78-,79-,80-,81-,82-/m0/s1. The summed E-state index contributed by atoms with van der Waals surface area (Å²) >= 11 is 1.47. The van der Waals surface area contributed by atoms with Crippen molar-refractivity contribution in [2.45, 2.75) is 283 Å². The number of nitrogens with one attached hydrogen (secondary N) is 17. The predicted octanol–water partition coefficient (Wildman–Crippen LogP) is 0.780. The molecule has 141 heavy (non-hydrogen) atoms. The Morgan fingerprint density at radius 1 is 0.333 bits per heavy atom. The van der Waals surface area contributed by atoms with Crippen molar-refractivity contribution in [3.05, 3.63) is 144 Å². The third-order valence-corrected chi connectivity index (χ3v) is 24.4. The van der Waals surface area contributed by atoms with Gasteiger partial charge in [-0.2, -0.15) is 11.8 Å². The normalized spacial score (nSPS) is 15.0. The highest BCUT2D eigenvalue weighted by atomic mass is 32.2. The van der Waals surface area contributed by atoms with Gasteiger partial charge in [0.15, 0.2) is 5.96 Å². The Bertz CT molecular complexity index is 4810. The van der Waals surface area contributed by atoms with E-state index in [9.17, 15) is 87.2 Å². The smallest absolute Gasteiger partial charge is 0.326 e. The summed E-state index contributed by atoms with van der Waals surface area (Å²) in [7, 11) is 0. The van der Waals surface area contributed by atoms with Crippen LogP contribution in [-0.4, -0.2) is 249 Å². The molecular formula is C98H146N20O22S. The van der Waals surface area contributed by atoms with Crippen LogP contribution in [0.3, 0.4) is 0 Å². The predicted molar refractivity (Wildman–Crippen MR) is 528 cm³/mol. The highest BCUT2D eigenvalue weighted by Crippen LogP contribution is 2.20. The van der Waals surface area contributed by atoms with E-state index < -0.39 is 284 Å². The quantitative estimate of drug-likeness (QED) is 0.0165. The number of carbonyl (C=O) groups excluding carboxylic acids is 16. The fourth-order valence-electron chi connectivity index (χ4n) is 14.8. The van der Waals surface area contributed by atoms with Gasteiger partial charge >= 0.3 is 17.9 Å². The van der Waals surface area contributed by atoms with E-state index in [0.29, 0.717) is 34.4 Å². The summed E-state index contributed by atoms with van der Waals surface area (Å²) in [6, 6.07) is 11.7. The van der Waals surface area contributed by atoms with Crippen LogP contribution in [0.4, 0.5) is 0 Å². The van der Waals surface area contributed by atoms with Crippen LogP contribution < -0.4 is 102 Å². The molecule has 0 spiro atoms. The molecule has 4 rings (SSSR count). The molecule has 0 saturated carbocycles. The molecule has 42 nitrogen and oxygen atoms in total. The number of thioether (sulfide) groups is 1. The van der Waals surface area contributed by atoms with E-state index in [-0.39, 0.29) is 76.7 Å². The van der Waals surface area contributed by atoms with Crippen molar-refractivity contribution in [1.29, 1.82) is 5.41 Å². The molecule has 0 aliphatic rings. The molecule has 0 aromatic heterocycles. The number of hydrogen-bond donors (Lipinski definition) is 23. The third-order valence-electron chi connectivity index (χ3n) is 23.8. The number of carbonyl (C=O) groups is 19. The second-order valence-electron chi connectivity index (χ2n) is 36.4. The van der Waals surface area contributed by atoms with Crippen LogP contribution in [0.2, 0.25) is 0 Å². The number of amides is 16. The van der Waals surface area contributed by atoms with E-state index in [1.54, 1.807) is 204 Å². The van der Waals surface area contributed by atoms with Crippen molar-refractivity contribution in [2.24, 2.45) is 52.7 Å². The van der Waals surface area contributed by atoms with Crippen molar-refractivity contribution in [1.82, 2.24) is 85.1 Å². The number of benzene rings is 4. The zero-order chi connectivity index (χ0) is 105. The number of aliphatic carboxylic acids is 3. The first kappa shape index (κ1) is 120.